The zero-order chi connectivity index (χ0) is 15.8. The van der Waals surface area contributed by atoms with Crippen molar-refractivity contribution in [2.24, 2.45) is 0 Å². The normalized spacial score (nSPS) is 22.0. The average molecular weight is 311 g/mol. The third-order valence-corrected chi connectivity index (χ3v) is 5.18. The fourth-order valence-electron chi connectivity index (χ4n) is 3.94. The molecule has 3 heterocycles. The van der Waals surface area contributed by atoms with E-state index in [2.05, 4.69) is 57.0 Å². The molecule has 0 aliphatic carbocycles. The van der Waals surface area contributed by atoms with E-state index in [0.29, 0.717) is 6.04 Å². The Morgan fingerprint density at radius 3 is 2.91 bits per heavy atom. The summed E-state index contributed by atoms with van der Waals surface area (Å²) >= 11 is 0. The second-order valence-corrected chi connectivity index (χ2v) is 6.84. The van der Waals surface area contributed by atoms with Crippen molar-refractivity contribution in [3.63, 3.8) is 0 Å². The zero-order valence-corrected chi connectivity index (χ0v) is 13.7. The maximum absolute atomic E-state index is 9.57. The largest absolute Gasteiger partial charge is 0.393 e. The van der Waals surface area contributed by atoms with Crippen LogP contribution in [-0.4, -0.2) is 46.9 Å². The number of hydrogen-bond donors (Lipinski definition) is 1. The monoisotopic (exact) mass is 311 g/mol. The average Bonchev–Trinajstić information content (AvgIpc) is 2.97. The molecule has 4 rings (SSSR count). The Kier molecular flexibility index (Phi) is 3.87. The van der Waals surface area contributed by atoms with E-state index in [1.54, 1.807) is 0 Å². The van der Waals surface area contributed by atoms with Gasteiger partial charge in [0.15, 0.2) is 0 Å². The van der Waals surface area contributed by atoms with Crippen LogP contribution >= 0.6 is 0 Å². The number of fused-ring (bicyclic) bond motifs is 5. The smallest absolute Gasteiger partial charge is 0.0821 e. The number of benzene rings is 1. The molecule has 2 aromatic rings. The number of nitrogens with zero attached hydrogens (tertiary/aromatic N) is 3. The van der Waals surface area contributed by atoms with Crippen LogP contribution < -0.4 is 4.90 Å². The van der Waals surface area contributed by atoms with Crippen molar-refractivity contribution >= 4 is 5.69 Å². The van der Waals surface area contributed by atoms with Gasteiger partial charge in [-0.1, -0.05) is 18.2 Å². The molecule has 1 aromatic carbocycles. The quantitative estimate of drug-likeness (QED) is 0.945. The van der Waals surface area contributed by atoms with E-state index in [0.717, 1.165) is 39.1 Å². The van der Waals surface area contributed by atoms with Gasteiger partial charge >= 0.3 is 0 Å². The standard InChI is InChI=1S/C19H25N3O/c1-15(23)8-10-20-11-12-22-17-6-3-2-5-16(17)13-21-9-4-7-18(21)19(22)14-20/h2-7,9,15,19,23H,8,10-14H2,1H3. The van der Waals surface area contributed by atoms with Crippen molar-refractivity contribution in [2.75, 3.05) is 31.1 Å². The molecule has 23 heavy (non-hydrogen) atoms. The molecule has 1 N–H and O–H groups in total. The first-order valence-corrected chi connectivity index (χ1v) is 8.62. The third-order valence-electron chi connectivity index (χ3n) is 5.18. The van der Waals surface area contributed by atoms with Crippen molar-refractivity contribution in [1.29, 1.82) is 0 Å². The summed E-state index contributed by atoms with van der Waals surface area (Å²) in [4.78, 5) is 5.08. The molecule has 4 heteroatoms. The minimum atomic E-state index is -0.216. The maximum Gasteiger partial charge on any atom is 0.0821 e. The van der Waals surface area contributed by atoms with Gasteiger partial charge in [-0.05, 0) is 37.1 Å². The summed E-state index contributed by atoms with van der Waals surface area (Å²) in [6.45, 7) is 6.96. The Hall–Kier alpha value is -1.78. The first-order chi connectivity index (χ1) is 11.2. The number of aromatic nitrogens is 1. The lowest BCUT2D eigenvalue weighted by Crippen LogP contribution is -2.49. The van der Waals surface area contributed by atoms with Crippen LogP contribution in [0.3, 0.4) is 0 Å². The van der Waals surface area contributed by atoms with Crippen LogP contribution in [0, 0.1) is 0 Å². The van der Waals surface area contributed by atoms with Crippen molar-refractivity contribution in [3.8, 4) is 0 Å². The number of piperazine rings is 1. The summed E-state index contributed by atoms with van der Waals surface area (Å²) in [6, 6.07) is 13.6. The van der Waals surface area contributed by atoms with Crippen molar-refractivity contribution in [3.05, 3.63) is 53.9 Å². The summed E-state index contributed by atoms with van der Waals surface area (Å²) in [6.07, 6.45) is 2.83. The Labute approximate surface area is 137 Å². The van der Waals surface area contributed by atoms with Gasteiger partial charge < -0.3 is 14.6 Å². The summed E-state index contributed by atoms with van der Waals surface area (Å²) < 4.78 is 2.39. The van der Waals surface area contributed by atoms with Gasteiger partial charge in [0.2, 0.25) is 0 Å². The van der Waals surface area contributed by atoms with E-state index < -0.39 is 0 Å². The highest BCUT2D eigenvalue weighted by Gasteiger charge is 2.33. The van der Waals surface area contributed by atoms with E-state index in [4.69, 9.17) is 0 Å². The Morgan fingerprint density at radius 2 is 2.04 bits per heavy atom. The molecule has 1 fully saturated rings. The minimum absolute atomic E-state index is 0.216. The lowest BCUT2D eigenvalue weighted by Gasteiger charge is -2.42. The van der Waals surface area contributed by atoms with E-state index in [9.17, 15) is 5.11 Å². The molecule has 2 unspecified atom stereocenters. The SMILES string of the molecule is CC(O)CCN1CCN2c3ccccc3Cn3cccc3C2C1. The van der Waals surface area contributed by atoms with Gasteiger partial charge in [0.1, 0.15) is 0 Å². The fourth-order valence-corrected chi connectivity index (χ4v) is 3.94. The van der Waals surface area contributed by atoms with Crippen LogP contribution in [0.2, 0.25) is 0 Å². The molecule has 2 atom stereocenters. The fraction of sp³-hybridized carbons (Fsp3) is 0.474. The van der Waals surface area contributed by atoms with Gasteiger partial charge in [0.25, 0.3) is 0 Å². The van der Waals surface area contributed by atoms with Gasteiger partial charge in [0.05, 0.1) is 12.1 Å². The van der Waals surface area contributed by atoms with E-state index >= 15 is 0 Å². The van der Waals surface area contributed by atoms with Gasteiger partial charge in [-0.2, -0.15) is 0 Å². The lowest BCUT2D eigenvalue weighted by molar-refractivity contribution is 0.145. The lowest BCUT2D eigenvalue weighted by atomic mass is 10.1. The van der Waals surface area contributed by atoms with E-state index in [-0.39, 0.29) is 6.10 Å². The molecular weight excluding hydrogens is 286 g/mol. The second kappa shape index (κ2) is 6.02. The number of anilines is 1. The Morgan fingerprint density at radius 1 is 1.17 bits per heavy atom. The summed E-state index contributed by atoms with van der Waals surface area (Å²) in [7, 11) is 0. The van der Waals surface area contributed by atoms with Crippen molar-refractivity contribution in [2.45, 2.75) is 32.0 Å². The topological polar surface area (TPSA) is 31.6 Å². The predicted octanol–water partition coefficient (Wildman–Crippen LogP) is 2.48. The number of hydrogen-bond acceptors (Lipinski definition) is 3. The molecular formula is C19H25N3O. The van der Waals surface area contributed by atoms with Gasteiger partial charge in [0, 0.05) is 50.3 Å². The molecule has 0 amide bonds. The van der Waals surface area contributed by atoms with E-state index in [1.807, 2.05) is 6.92 Å². The van der Waals surface area contributed by atoms with Crippen LogP contribution in [0.25, 0.3) is 0 Å². The Balaban J connectivity index is 1.65. The second-order valence-electron chi connectivity index (χ2n) is 6.84. The highest BCUT2D eigenvalue weighted by Crippen LogP contribution is 2.36. The molecule has 0 radical (unpaired) electrons. The number of para-hydroxylation sites is 1. The molecule has 122 valence electrons. The first kappa shape index (κ1) is 14.8. The van der Waals surface area contributed by atoms with Gasteiger partial charge in [-0.3, -0.25) is 4.90 Å². The maximum atomic E-state index is 9.57. The minimum Gasteiger partial charge on any atom is -0.393 e. The Bertz CT molecular complexity index is 679. The summed E-state index contributed by atoms with van der Waals surface area (Å²) in [5.74, 6) is 0. The van der Waals surface area contributed by atoms with Gasteiger partial charge in [-0.25, -0.2) is 0 Å². The molecule has 4 nitrogen and oxygen atoms in total. The molecule has 1 aromatic heterocycles. The number of aliphatic hydroxyl groups is 1. The highest BCUT2D eigenvalue weighted by molar-refractivity contribution is 5.57. The van der Waals surface area contributed by atoms with Gasteiger partial charge in [-0.15, -0.1) is 0 Å². The van der Waals surface area contributed by atoms with Crippen LogP contribution in [0.15, 0.2) is 42.6 Å². The predicted molar refractivity (Wildman–Crippen MR) is 92.8 cm³/mol. The summed E-state index contributed by atoms with van der Waals surface area (Å²) in [5.41, 5.74) is 4.20. The molecule has 2 aliphatic rings. The zero-order valence-electron chi connectivity index (χ0n) is 13.7. The van der Waals surface area contributed by atoms with Crippen LogP contribution in [-0.2, 0) is 6.54 Å². The van der Waals surface area contributed by atoms with Crippen molar-refractivity contribution < 1.29 is 5.11 Å². The molecule has 0 bridgehead atoms. The summed E-state index contributed by atoms with van der Waals surface area (Å²) in [5, 5.41) is 9.57. The van der Waals surface area contributed by atoms with Crippen LogP contribution in [0.1, 0.15) is 30.6 Å². The molecule has 1 saturated heterocycles. The molecule has 2 aliphatic heterocycles. The highest BCUT2D eigenvalue weighted by atomic mass is 16.3. The molecule has 0 saturated carbocycles. The molecule has 0 spiro atoms. The van der Waals surface area contributed by atoms with Crippen LogP contribution in [0.4, 0.5) is 5.69 Å². The number of aliphatic hydroxyl groups excluding tert-OH is 1. The van der Waals surface area contributed by atoms with E-state index in [1.165, 1.54) is 16.9 Å². The first-order valence-electron chi connectivity index (χ1n) is 8.62. The van der Waals surface area contributed by atoms with Crippen LogP contribution in [0.5, 0.6) is 0 Å². The third kappa shape index (κ3) is 2.77. The number of rotatable bonds is 3. The van der Waals surface area contributed by atoms with Crippen molar-refractivity contribution in [1.82, 2.24) is 9.47 Å².